The van der Waals surface area contributed by atoms with Crippen molar-refractivity contribution < 1.29 is 38.1 Å². The van der Waals surface area contributed by atoms with Gasteiger partial charge in [0.05, 0.1) is 48.1 Å². The van der Waals surface area contributed by atoms with Gasteiger partial charge in [-0.25, -0.2) is 39.9 Å². The Kier molecular flexibility index (Phi) is 20.1. The number of pyridine rings is 4. The van der Waals surface area contributed by atoms with Crippen LogP contribution in [0.25, 0.3) is 0 Å². The third kappa shape index (κ3) is 16.1. The van der Waals surface area contributed by atoms with Gasteiger partial charge < -0.3 is 60.2 Å². The molecule has 0 radical (unpaired) electrons. The number of esters is 4. The molecule has 0 unspecified atom stereocenters. The van der Waals surface area contributed by atoms with E-state index in [1.54, 1.807) is 98.6 Å². The third-order valence-electron chi connectivity index (χ3n) is 19.1. The first kappa shape index (κ1) is 63.7. The quantitative estimate of drug-likeness (QED) is 0.0322. The summed E-state index contributed by atoms with van der Waals surface area (Å²) in [5.41, 5.74) is 27.7. The molecule has 12 rings (SSSR count). The zero-order valence-corrected chi connectivity index (χ0v) is 52.6. The first-order valence-corrected chi connectivity index (χ1v) is 33.1. The molecule has 0 aliphatic heterocycles. The highest BCUT2D eigenvalue weighted by molar-refractivity contribution is 5.84. The molecular weight excluding hydrogens is 1180 g/mol. The molecule has 0 amide bonds. The fourth-order valence-electron chi connectivity index (χ4n) is 13.8. The molecule has 4 aliphatic carbocycles. The first-order valence-electron chi connectivity index (χ1n) is 33.1. The summed E-state index contributed by atoms with van der Waals surface area (Å²) in [5.74, 6) is -8.95. The summed E-state index contributed by atoms with van der Waals surface area (Å²) in [6, 6.07) is 13.8. The van der Waals surface area contributed by atoms with Gasteiger partial charge in [-0.3, -0.25) is 19.2 Å². The lowest BCUT2D eigenvalue weighted by Gasteiger charge is -2.33. The Morgan fingerprint density at radius 2 is 0.559 bits per heavy atom. The van der Waals surface area contributed by atoms with E-state index in [9.17, 15) is 0 Å². The third-order valence-corrected chi connectivity index (χ3v) is 19.1. The molecule has 8 aromatic heterocycles. The molecule has 0 bridgehead atoms. The number of aromatic nitrogens is 12. The standard InChI is InChI=1S/C69H84N16O8/c70-61-25-21-45(33-74-61)29-53(57-37-82(41-78-57)49-13-5-1-6-14-49)65(86)90-69(91-66(87)54(30-46-22-26-62(71)75-34-46)58-38-83(42-79-58)50-15-7-2-8-16-50,92-67(88)55(31-47-23-27-63(72)76-35-47)59-39-84(43-80-59)51-17-9-3-10-18-51)93-68(89)56(32-48-24-28-64(73)77-36-48)60-40-85(44-81-60)52-19-11-4-12-20-52/h21-28,33-44,49-56H,1-20,29-32H2,(H2,70,74)(H2,71,75)(H2,72,76)(H2,73,77)/t53-,54-,55-,56-/m1/s1. The van der Waals surface area contributed by atoms with Crippen LogP contribution in [0, 0.1) is 0 Å². The summed E-state index contributed by atoms with van der Waals surface area (Å²) in [5, 5.41) is 0. The van der Waals surface area contributed by atoms with Crippen LogP contribution < -0.4 is 22.9 Å². The Balaban J connectivity index is 1.02. The van der Waals surface area contributed by atoms with Gasteiger partial charge in [-0.1, -0.05) is 101 Å². The molecular formula is C69H84N16O8. The van der Waals surface area contributed by atoms with Crippen molar-refractivity contribution in [2.24, 2.45) is 0 Å². The predicted octanol–water partition coefficient (Wildman–Crippen LogP) is 10.6. The number of nitrogen functional groups attached to an aromatic ring is 4. The average Bonchev–Trinajstić information content (AvgIpc) is 1.93. The number of rotatable bonds is 24. The highest BCUT2D eigenvalue weighted by Crippen LogP contribution is 2.39. The predicted molar refractivity (Wildman–Crippen MR) is 345 cm³/mol. The van der Waals surface area contributed by atoms with Crippen LogP contribution in [0.1, 0.15) is 221 Å². The highest BCUT2D eigenvalue weighted by atomic mass is 17.0. The van der Waals surface area contributed by atoms with Crippen LogP contribution in [0.3, 0.4) is 0 Å². The van der Waals surface area contributed by atoms with E-state index in [1.165, 1.54) is 24.8 Å². The summed E-state index contributed by atoms with van der Waals surface area (Å²) in [6.07, 6.45) is 35.9. The number of hydrogen-bond donors (Lipinski definition) is 4. The number of ether oxygens (including phenoxy) is 4. The summed E-state index contributed by atoms with van der Waals surface area (Å²) in [4.78, 5) is 102. The van der Waals surface area contributed by atoms with Crippen molar-refractivity contribution in [2.45, 2.75) is 208 Å². The normalized spacial score (nSPS) is 17.6. The molecule has 93 heavy (non-hydrogen) atoms. The van der Waals surface area contributed by atoms with Crippen molar-refractivity contribution in [3.8, 4) is 0 Å². The lowest BCUT2D eigenvalue weighted by Crippen LogP contribution is -2.51. The minimum absolute atomic E-state index is 0.0954. The summed E-state index contributed by atoms with van der Waals surface area (Å²) >= 11 is 0. The van der Waals surface area contributed by atoms with Gasteiger partial charge in [0, 0.05) is 73.7 Å². The second-order valence-corrected chi connectivity index (χ2v) is 25.7. The molecule has 4 atom stereocenters. The van der Waals surface area contributed by atoms with Crippen LogP contribution in [0.4, 0.5) is 23.3 Å². The highest BCUT2D eigenvalue weighted by Gasteiger charge is 2.55. The van der Waals surface area contributed by atoms with Crippen LogP contribution in [0.2, 0.25) is 0 Å². The molecule has 8 N–H and O–H groups in total. The Hall–Kier alpha value is -9.48. The monoisotopic (exact) mass is 1260 g/mol. The van der Waals surface area contributed by atoms with Crippen molar-refractivity contribution in [3.05, 3.63) is 168 Å². The molecule has 24 nitrogen and oxygen atoms in total. The largest absolute Gasteiger partial charge is 0.619 e. The van der Waals surface area contributed by atoms with Gasteiger partial charge in [0.25, 0.3) is 0 Å². The molecule has 4 aliphatic rings. The zero-order valence-electron chi connectivity index (χ0n) is 52.6. The summed E-state index contributed by atoms with van der Waals surface area (Å²) < 4.78 is 34.6. The number of anilines is 4. The maximum atomic E-state index is 16.2. The van der Waals surface area contributed by atoms with E-state index in [0.29, 0.717) is 22.3 Å². The van der Waals surface area contributed by atoms with Crippen LogP contribution in [0.5, 0.6) is 0 Å². The molecule has 0 saturated heterocycles. The van der Waals surface area contributed by atoms with Crippen LogP contribution >= 0.6 is 0 Å². The summed E-state index contributed by atoms with van der Waals surface area (Å²) in [7, 11) is 0. The van der Waals surface area contributed by atoms with Gasteiger partial charge in [0.1, 0.15) is 46.9 Å². The number of nitrogens with two attached hydrogens (primary N) is 4. The molecule has 8 aromatic rings. The topological polar surface area (TPSA) is 332 Å². The Bertz CT molecular complexity index is 3270. The Labute approximate surface area is 540 Å². The minimum Gasteiger partial charge on any atom is -0.384 e. The summed E-state index contributed by atoms with van der Waals surface area (Å²) in [6.45, 7) is 0. The average molecular weight is 1270 g/mol. The lowest BCUT2D eigenvalue weighted by atomic mass is 9.95. The van der Waals surface area contributed by atoms with E-state index in [0.717, 1.165) is 128 Å². The number of hydrogen-bond acceptors (Lipinski definition) is 20. The van der Waals surface area contributed by atoms with Crippen molar-refractivity contribution >= 4 is 47.1 Å². The van der Waals surface area contributed by atoms with E-state index in [1.807, 2.05) is 18.3 Å². The second kappa shape index (κ2) is 29.4. The SMILES string of the molecule is Nc1ccc(C[C@@H](C(=O)OC(OC(=O)[C@H](Cc2ccc(N)nc2)c2cn(C3CCCCC3)cn2)(OC(=O)[C@H](Cc2ccc(N)nc2)c2cn(C3CCCCC3)cn2)OC(=O)[C@H](Cc2ccc(N)nc2)c2cn(C3CCCCC3)cn2)c2cn(C3CCCCC3)cn2)cn1. The maximum absolute atomic E-state index is 16.2. The van der Waals surface area contributed by atoms with Gasteiger partial charge in [-0.15, -0.1) is 0 Å². The molecule has 8 heterocycles. The molecule has 488 valence electrons. The second-order valence-electron chi connectivity index (χ2n) is 25.7. The molecule has 0 aromatic carbocycles. The number of carbonyl (C=O) groups excluding carboxylic acids is 4. The smallest absolute Gasteiger partial charge is 0.384 e. The number of nitrogens with zero attached hydrogens (tertiary/aromatic N) is 12. The fourth-order valence-corrected chi connectivity index (χ4v) is 13.8. The molecule has 24 heteroatoms. The Morgan fingerprint density at radius 1 is 0.344 bits per heavy atom. The van der Waals surface area contributed by atoms with Crippen LogP contribution in [-0.4, -0.2) is 88.2 Å². The lowest BCUT2D eigenvalue weighted by molar-refractivity contribution is -0.433. The van der Waals surface area contributed by atoms with Gasteiger partial charge in [0.2, 0.25) is 0 Å². The van der Waals surface area contributed by atoms with Crippen molar-refractivity contribution in [1.82, 2.24) is 58.1 Å². The van der Waals surface area contributed by atoms with E-state index < -0.39 is 53.7 Å². The van der Waals surface area contributed by atoms with Crippen molar-refractivity contribution in [1.29, 1.82) is 0 Å². The van der Waals surface area contributed by atoms with Crippen LogP contribution in [-0.2, 0) is 63.8 Å². The van der Waals surface area contributed by atoms with Gasteiger partial charge in [0.15, 0.2) is 0 Å². The van der Waals surface area contributed by atoms with Gasteiger partial charge in [-0.2, -0.15) is 0 Å². The van der Waals surface area contributed by atoms with E-state index in [2.05, 4.69) is 19.9 Å². The minimum atomic E-state index is -3.66. The first-order chi connectivity index (χ1) is 45.3. The fraction of sp³-hybridized carbons (Fsp3) is 0.478. The van der Waals surface area contributed by atoms with Crippen molar-refractivity contribution in [2.75, 3.05) is 22.9 Å². The number of imidazole rings is 4. The van der Waals surface area contributed by atoms with Gasteiger partial charge in [-0.05, 0) is 124 Å². The number of carbonyl (C=O) groups is 4. The zero-order chi connectivity index (χ0) is 64.3. The Morgan fingerprint density at radius 3 is 0.753 bits per heavy atom. The molecule has 0 spiro atoms. The van der Waals surface area contributed by atoms with Gasteiger partial charge >= 0.3 is 30.0 Å². The molecule has 4 saturated carbocycles. The van der Waals surface area contributed by atoms with E-state index in [-0.39, 0.29) is 95.9 Å². The van der Waals surface area contributed by atoms with Crippen molar-refractivity contribution in [3.63, 3.8) is 0 Å². The maximum Gasteiger partial charge on any atom is 0.619 e. The van der Waals surface area contributed by atoms with Crippen LogP contribution in [0.15, 0.2) is 123 Å². The molecule has 4 fully saturated rings. The van der Waals surface area contributed by atoms with E-state index >= 15 is 19.2 Å². The van der Waals surface area contributed by atoms with E-state index in [4.69, 9.17) is 61.8 Å².